The smallest absolute Gasteiger partial charge is 0.303 e. The van der Waals surface area contributed by atoms with E-state index in [0.717, 1.165) is 0 Å². The van der Waals surface area contributed by atoms with Crippen molar-refractivity contribution in [1.29, 1.82) is 0 Å². The highest BCUT2D eigenvalue weighted by atomic mass is 79.9. The predicted octanol–water partition coefficient (Wildman–Crippen LogP) is 2.16. The Morgan fingerprint density at radius 2 is 2.19 bits per heavy atom. The number of hydrogen-bond acceptors (Lipinski definition) is 3. The van der Waals surface area contributed by atoms with Crippen LogP contribution in [0, 0.1) is 5.82 Å². The van der Waals surface area contributed by atoms with Crippen molar-refractivity contribution in [2.24, 2.45) is 5.73 Å². The Morgan fingerprint density at radius 3 is 2.75 bits per heavy atom. The van der Waals surface area contributed by atoms with Crippen LogP contribution >= 0.6 is 15.9 Å². The van der Waals surface area contributed by atoms with Crippen molar-refractivity contribution >= 4 is 21.9 Å². The third-order valence-electron chi connectivity index (χ3n) is 2.15. The fourth-order valence-electron chi connectivity index (χ4n) is 1.33. The van der Waals surface area contributed by atoms with E-state index in [2.05, 4.69) is 15.9 Å². The number of phenolic OH excluding ortho intramolecular Hbond substituents is 1. The van der Waals surface area contributed by atoms with E-state index >= 15 is 0 Å². The molecule has 1 aromatic carbocycles. The number of carboxylic acids is 1. The Hall–Kier alpha value is -1.14. The first-order valence-electron chi connectivity index (χ1n) is 4.57. The van der Waals surface area contributed by atoms with E-state index in [0.29, 0.717) is 4.47 Å². The van der Waals surface area contributed by atoms with Crippen LogP contribution in [0.2, 0.25) is 0 Å². The van der Waals surface area contributed by atoms with Crippen molar-refractivity contribution in [2.45, 2.75) is 18.9 Å². The number of aliphatic carboxylic acids is 1. The molecule has 0 bridgehead atoms. The van der Waals surface area contributed by atoms with Crippen LogP contribution in [0.3, 0.4) is 0 Å². The molecule has 4 N–H and O–H groups in total. The lowest BCUT2D eigenvalue weighted by molar-refractivity contribution is -0.137. The Bertz CT molecular complexity index is 411. The molecule has 1 aromatic rings. The van der Waals surface area contributed by atoms with Gasteiger partial charge in [0, 0.05) is 18.0 Å². The Kier molecular flexibility index (Phi) is 4.26. The van der Waals surface area contributed by atoms with E-state index in [4.69, 9.17) is 10.8 Å². The van der Waals surface area contributed by atoms with Gasteiger partial charge in [-0.25, -0.2) is 4.39 Å². The van der Waals surface area contributed by atoms with E-state index in [9.17, 15) is 14.3 Å². The second kappa shape index (κ2) is 5.27. The molecule has 4 nitrogen and oxygen atoms in total. The maximum Gasteiger partial charge on any atom is 0.303 e. The summed E-state index contributed by atoms with van der Waals surface area (Å²) in [5.74, 6) is -1.93. The average Bonchev–Trinajstić information content (AvgIpc) is 2.21. The van der Waals surface area contributed by atoms with Gasteiger partial charge in [0.25, 0.3) is 0 Å². The molecule has 0 aliphatic carbocycles. The molecule has 0 amide bonds. The highest BCUT2D eigenvalue weighted by Crippen LogP contribution is 2.34. The first-order chi connectivity index (χ1) is 7.43. The molecule has 1 atom stereocenters. The Balaban J connectivity index is 2.94. The lowest BCUT2D eigenvalue weighted by Crippen LogP contribution is -2.14. The zero-order chi connectivity index (χ0) is 12.3. The third-order valence-corrected chi connectivity index (χ3v) is 2.79. The minimum atomic E-state index is -1.01. The van der Waals surface area contributed by atoms with Crippen molar-refractivity contribution in [2.75, 3.05) is 0 Å². The lowest BCUT2D eigenvalue weighted by atomic mass is 10.0. The van der Waals surface area contributed by atoms with Gasteiger partial charge in [0.05, 0.1) is 4.47 Å². The molecule has 0 saturated carbocycles. The van der Waals surface area contributed by atoms with E-state index in [1.54, 1.807) is 0 Å². The number of rotatable bonds is 4. The van der Waals surface area contributed by atoms with Crippen LogP contribution in [0.25, 0.3) is 0 Å². The zero-order valence-electron chi connectivity index (χ0n) is 8.28. The summed E-state index contributed by atoms with van der Waals surface area (Å²) in [5, 5.41) is 18.1. The summed E-state index contributed by atoms with van der Waals surface area (Å²) in [7, 11) is 0. The quantitative estimate of drug-likeness (QED) is 0.794. The third kappa shape index (κ3) is 2.93. The van der Waals surface area contributed by atoms with Gasteiger partial charge in [-0.2, -0.15) is 0 Å². The van der Waals surface area contributed by atoms with Crippen molar-refractivity contribution < 1.29 is 19.4 Å². The normalized spacial score (nSPS) is 12.4. The number of halogens is 2. The standard InChI is InChI=1S/C10H11BrFNO3/c11-5-1-2-6(12)9(10(5)16)7(13)3-4-8(14)15/h1-2,7,16H,3-4,13H2,(H,14,15). The number of benzene rings is 1. The summed E-state index contributed by atoms with van der Waals surface area (Å²) in [5.41, 5.74) is 5.57. The van der Waals surface area contributed by atoms with Gasteiger partial charge in [0.2, 0.25) is 0 Å². The molecule has 0 fully saturated rings. The van der Waals surface area contributed by atoms with Crippen LogP contribution < -0.4 is 5.73 Å². The summed E-state index contributed by atoms with van der Waals surface area (Å²) in [4.78, 5) is 10.4. The van der Waals surface area contributed by atoms with Gasteiger partial charge < -0.3 is 15.9 Å². The molecule has 0 aromatic heterocycles. The second-order valence-electron chi connectivity index (χ2n) is 3.33. The molecule has 1 unspecified atom stereocenters. The molecule has 0 spiro atoms. The average molecular weight is 292 g/mol. The minimum Gasteiger partial charge on any atom is -0.506 e. The van der Waals surface area contributed by atoms with Gasteiger partial charge in [0.1, 0.15) is 11.6 Å². The molecule has 88 valence electrons. The van der Waals surface area contributed by atoms with Crippen LogP contribution in [-0.4, -0.2) is 16.2 Å². The van der Waals surface area contributed by atoms with E-state index in [1.165, 1.54) is 12.1 Å². The van der Waals surface area contributed by atoms with Gasteiger partial charge in [-0.05, 0) is 34.5 Å². The fraction of sp³-hybridized carbons (Fsp3) is 0.300. The summed E-state index contributed by atoms with van der Waals surface area (Å²) in [6, 6.07) is 1.69. The van der Waals surface area contributed by atoms with E-state index < -0.39 is 17.8 Å². The molecule has 0 aliphatic heterocycles. The van der Waals surface area contributed by atoms with Crippen LogP contribution in [-0.2, 0) is 4.79 Å². The van der Waals surface area contributed by atoms with Gasteiger partial charge in [-0.3, -0.25) is 4.79 Å². The Labute approximate surface area is 100 Å². The zero-order valence-corrected chi connectivity index (χ0v) is 9.87. The molecule has 0 heterocycles. The summed E-state index contributed by atoms with van der Waals surface area (Å²) >= 11 is 3.04. The van der Waals surface area contributed by atoms with Crippen LogP contribution in [0.5, 0.6) is 5.75 Å². The van der Waals surface area contributed by atoms with Gasteiger partial charge in [0.15, 0.2) is 0 Å². The molecule has 1 rings (SSSR count). The van der Waals surface area contributed by atoms with Crippen molar-refractivity contribution in [3.63, 3.8) is 0 Å². The number of aromatic hydroxyl groups is 1. The predicted molar refractivity (Wildman–Crippen MR) is 59.6 cm³/mol. The molecule has 0 radical (unpaired) electrons. The first kappa shape index (κ1) is 12.9. The van der Waals surface area contributed by atoms with Gasteiger partial charge in [-0.1, -0.05) is 0 Å². The van der Waals surface area contributed by atoms with Crippen LogP contribution in [0.4, 0.5) is 4.39 Å². The maximum absolute atomic E-state index is 13.4. The lowest BCUT2D eigenvalue weighted by Gasteiger charge is -2.14. The topological polar surface area (TPSA) is 83.6 Å². The molecule has 0 saturated heterocycles. The van der Waals surface area contributed by atoms with E-state index in [1.807, 2.05) is 0 Å². The molecule has 16 heavy (non-hydrogen) atoms. The van der Waals surface area contributed by atoms with Gasteiger partial charge >= 0.3 is 5.97 Å². The van der Waals surface area contributed by atoms with Crippen molar-refractivity contribution in [3.8, 4) is 5.75 Å². The first-order valence-corrected chi connectivity index (χ1v) is 5.37. The van der Waals surface area contributed by atoms with Crippen molar-refractivity contribution in [3.05, 3.63) is 28.0 Å². The van der Waals surface area contributed by atoms with Crippen LogP contribution in [0.1, 0.15) is 24.4 Å². The Morgan fingerprint density at radius 1 is 1.56 bits per heavy atom. The minimum absolute atomic E-state index is 0.0596. The number of carboxylic acid groups (broad SMARTS) is 1. The highest BCUT2D eigenvalue weighted by Gasteiger charge is 2.19. The molecular formula is C10H11BrFNO3. The molecule has 0 aliphatic rings. The monoisotopic (exact) mass is 291 g/mol. The SMILES string of the molecule is NC(CCC(=O)O)c1c(F)ccc(Br)c1O. The summed E-state index contributed by atoms with van der Waals surface area (Å²) in [6.07, 6.45) is -0.108. The number of nitrogens with two attached hydrogens (primary N) is 1. The molecule has 6 heteroatoms. The van der Waals surface area contributed by atoms with Crippen molar-refractivity contribution in [1.82, 2.24) is 0 Å². The number of carbonyl (C=O) groups is 1. The fourth-order valence-corrected chi connectivity index (χ4v) is 1.68. The van der Waals surface area contributed by atoms with E-state index in [-0.39, 0.29) is 24.2 Å². The number of hydrogen-bond donors (Lipinski definition) is 3. The van der Waals surface area contributed by atoms with Crippen LogP contribution in [0.15, 0.2) is 16.6 Å². The van der Waals surface area contributed by atoms with Gasteiger partial charge in [-0.15, -0.1) is 0 Å². The summed E-state index contributed by atoms with van der Waals surface area (Å²) in [6.45, 7) is 0. The number of phenols is 1. The molecular weight excluding hydrogens is 281 g/mol. The largest absolute Gasteiger partial charge is 0.506 e. The maximum atomic E-state index is 13.4. The second-order valence-corrected chi connectivity index (χ2v) is 4.18. The highest BCUT2D eigenvalue weighted by molar-refractivity contribution is 9.10. The summed E-state index contributed by atoms with van der Waals surface area (Å²) < 4.78 is 13.7.